The van der Waals surface area contributed by atoms with Crippen molar-refractivity contribution in [2.24, 2.45) is 5.92 Å². The normalized spacial score (nSPS) is 39.0. The van der Waals surface area contributed by atoms with Gasteiger partial charge in [-0.1, -0.05) is 6.92 Å². The summed E-state index contributed by atoms with van der Waals surface area (Å²) in [5.74, 6) is 0.909. The topological polar surface area (TPSA) is 3.24 Å². The lowest BCUT2D eigenvalue weighted by Gasteiger charge is -2.32. The Labute approximate surface area is 60.0 Å². The molecule has 0 amide bonds. The lowest BCUT2D eigenvalue weighted by molar-refractivity contribution is 0.237. The fourth-order valence-corrected chi connectivity index (χ4v) is 1.82. The molecule has 1 aliphatic rings. The van der Waals surface area contributed by atoms with Crippen LogP contribution in [0.4, 0.5) is 0 Å². The summed E-state index contributed by atoms with van der Waals surface area (Å²) in [4.78, 5) is 2.40. The Morgan fingerprint density at radius 2 is 2.22 bits per heavy atom. The summed E-state index contributed by atoms with van der Waals surface area (Å²) >= 11 is 0. The minimum absolute atomic E-state index is 0.823. The number of nitrogens with zero attached hydrogens (tertiary/aromatic N) is 1. The van der Waals surface area contributed by atoms with E-state index >= 15 is 0 Å². The quantitative estimate of drug-likeness (QED) is 0.463. The van der Waals surface area contributed by atoms with Crippen molar-refractivity contribution < 1.29 is 0 Å². The molecular weight excluding hydrogens is 129 g/mol. The van der Waals surface area contributed by atoms with Crippen molar-refractivity contribution in [3.63, 3.8) is 0 Å². The Kier molecular flexibility index (Phi) is 2.49. The van der Waals surface area contributed by atoms with E-state index in [9.17, 15) is 0 Å². The summed E-state index contributed by atoms with van der Waals surface area (Å²) in [6.07, 6.45) is 1.37. The Balaban J connectivity index is 2.35. The summed E-state index contributed by atoms with van der Waals surface area (Å²) in [7, 11) is 5.12. The molecule has 1 unspecified atom stereocenters. The fourth-order valence-electron chi connectivity index (χ4n) is 1.27. The number of likely N-dealkylation sites (tertiary alicyclic amines) is 1. The van der Waals surface area contributed by atoms with Crippen LogP contribution in [0.25, 0.3) is 0 Å². The average Bonchev–Trinajstić information content (AvgIpc) is 1.80. The van der Waals surface area contributed by atoms with E-state index in [0.717, 1.165) is 11.6 Å². The van der Waals surface area contributed by atoms with Gasteiger partial charge in [0.25, 0.3) is 0 Å². The first-order valence-corrected chi connectivity index (χ1v) is 4.31. The van der Waals surface area contributed by atoms with Gasteiger partial charge in [0, 0.05) is 6.54 Å². The van der Waals surface area contributed by atoms with Crippen molar-refractivity contribution in [1.82, 2.24) is 4.90 Å². The monoisotopic (exact) mass is 145 g/mol. The van der Waals surface area contributed by atoms with Crippen LogP contribution in [0, 0.1) is 5.92 Å². The molecule has 1 aliphatic heterocycles. The molecule has 0 saturated carbocycles. The SMILES string of the molecule is C[C@H]1CCN(C)C[C@H]1P. The Bertz CT molecular complexity index is 94.9. The summed E-state index contributed by atoms with van der Waals surface area (Å²) in [6, 6.07) is 0. The molecular formula is C7H16NP. The Morgan fingerprint density at radius 1 is 1.56 bits per heavy atom. The molecule has 2 heteroatoms. The van der Waals surface area contributed by atoms with Gasteiger partial charge >= 0.3 is 0 Å². The van der Waals surface area contributed by atoms with E-state index in [2.05, 4.69) is 28.1 Å². The highest BCUT2D eigenvalue weighted by Gasteiger charge is 2.19. The van der Waals surface area contributed by atoms with Crippen LogP contribution < -0.4 is 0 Å². The van der Waals surface area contributed by atoms with Gasteiger partial charge < -0.3 is 4.90 Å². The molecule has 3 atom stereocenters. The van der Waals surface area contributed by atoms with Crippen molar-refractivity contribution in [3.8, 4) is 0 Å². The number of hydrogen-bond acceptors (Lipinski definition) is 1. The van der Waals surface area contributed by atoms with E-state index in [1.807, 2.05) is 0 Å². The summed E-state index contributed by atoms with van der Waals surface area (Å²) in [5, 5.41) is 0. The second kappa shape index (κ2) is 2.98. The van der Waals surface area contributed by atoms with Crippen LogP contribution in [-0.4, -0.2) is 30.7 Å². The van der Waals surface area contributed by atoms with E-state index in [0.29, 0.717) is 0 Å². The third-order valence-electron chi connectivity index (χ3n) is 2.22. The van der Waals surface area contributed by atoms with Crippen LogP contribution in [0.2, 0.25) is 0 Å². The molecule has 0 N–H and O–H groups in total. The molecule has 1 nitrogen and oxygen atoms in total. The zero-order valence-electron chi connectivity index (χ0n) is 6.30. The maximum atomic E-state index is 2.93. The third kappa shape index (κ3) is 1.91. The molecule has 0 aliphatic carbocycles. The van der Waals surface area contributed by atoms with Gasteiger partial charge in [0.2, 0.25) is 0 Å². The van der Waals surface area contributed by atoms with Crippen LogP contribution >= 0.6 is 9.24 Å². The van der Waals surface area contributed by atoms with E-state index < -0.39 is 0 Å². The lowest BCUT2D eigenvalue weighted by atomic mass is 9.99. The molecule has 0 bridgehead atoms. The van der Waals surface area contributed by atoms with E-state index in [4.69, 9.17) is 0 Å². The van der Waals surface area contributed by atoms with Gasteiger partial charge in [0.05, 0.1) is 0 Å². The molecule has 0 spiro atoms. The van der Waals surface area contributed by atoms with Crippen molar-refractivity contribution in [3.05, 3.63) is 0 Å². The van der Waals surface area contributed by atoms with Gasteiger partial charge in [-0.3, -0.25) is 0 Å². The first-order valence-electron chi connectivity index (χ1n) is 3.64. The highest BCUT2D eigenvalue weighted by Crippen LogP contribution is 2.21. The average molecular weight is 145 g/mol. The molecule has 0 aromatic heterocycles. The van der Waals surface area contributed by atoms with Crippen LogP contribution in [-0.2, 0) is 0 Å². The Morgan fingerprint density at radius 3 is 2.67 bits per heavy atom. The van der Waals surface area contributed by atoms with Gasteiger partial charge in [-0.15, -0.1) is 9.24 Å². The smallest absolute Gasteiger partial charge is 0.00438 e. The lowest BCUT2D eigenvalue weighted by Crippen LogP contribution is -2.37. The van der Waals surface area contributed by atoms with Crippen LogP contribution in [0.5, 0.6) is 0 Å². The molecule has 1 saturated heterocycles. The molecule has 1 rings (SSSR count). The van der Waals surface area contributed by atoms with Crippen molar-refractivity contribution in [2.75, 3.05) is 20.1 Å². The molecule has 0 aromatic rings. The van der Waals surface area contributed by atoms with Crippen molar-refractivity contribution in [1.29, 1.82) is 0 Å². The number of rotatable bonds is 0. The highest BCUT2D eigenvalue weighted by atomic mass is 31.0. The molecule has 1 fully saturated rings. The maximum Gasteiger partial charge on any atom is 0.00438 e. The minimum atomic E-state index is 0.823. The molecule has 1 heterocycles. The van der Waals surface area contributed by atoms with Gasteiger partial charge in [0.1, 0.15) is 0 Å². The standard InChI is InChI=1S/C7H16NP/c1-6-3-4-8(2)5-7(6)9/h6-7H,3-5,9H2,1-2H3/t6-,7+/m0/s1. The molecule has 0 aromatic carbocycles. The zero-order chi connectivity index (χ0) is 6.85. The second-order valence-corrected chi connectivity index (χ2v) is 4.05. The van der Waals surface area contributed by atoms with E-state index in [-0.39, 0.29) is 0 Å². The Hall–Kier alpha value is 0.390. The first-order chi connectivity index (χ1) is 4.20. The van der Waals surface area contributed by atoms with Crippen LogP contribution in [0.3, 0.4) is 0 Å². The third-order valence-corrected chi connectivity index (χ3v) is 3.09. The summed E-state index contributed by atoms with van der Waals surface area (Å²) in [6.45, 7) is 4.88. The minimum Gasteiger partial charge on any atom is -0.306 e. The van der Waals surface area contributed by atoms with Crippen LogP contribution in [0.1, 0.15) is 13.3 Å². The summed E-state index contributed by atoms with van der Waals surface area (Å²) in [5.41, 5.74) is 0.823. The van der Waals surface area contributed by atoms with E-state index in [1.54, 1.807) is 0 Å². The number of piperidine rings is 1. The first kappa shape index (κ1) is 7.50. The van der Waals surface area contributed by atoms with Crippen molar-refractivity contribution >= 4 is 9.24 Å². The van der Waals surface area contributed by atoms with Crippen molar-refractivity contribution in [2.45, 2.75) is 19.0 Å². The van der Waals surface area contributed by atoms with Crippen LogP contribution in [0.15, 0.2) is 0 Å². The maximum absolute atomic E-state index is 2.93. The second-order valence-electron chi connectivity index (χ2n) is 3.19. The molecule has 54 valence electrons. The van der Waals surface area contributed by atoms with E-state index in [1.165, 1.54) is 19.5 Å². The highest BCUT2D eigenvalue weighted by molar-refractivity contribution is 7.17. The molecule has 0 radical (unpaired) electrons. The van der Waals surface area contributed by atoms with Gasteiger partial charge in [-0.25, -0.2) is 0 Å². The number of hydrogen-bond donors (Lipinski definition) is 0. The fraction of sp³-hybridized carbons (Fsp3) is 1.00. The van der Waals surface area contributed by atoms with Gasteiger partial charge in [0.15, 0.2) is 0 Å². The predicted octanol–water partition coefficient (Wildman–Crippen LogP) is 1.20. The zero-order valence-corrected chi connectivity index (χ0v) is 7.46. The van der Waals surface area contributed by atoms with Gasteiger partial charge in [-0.2, -0.15) is 0 Å². The molecule has 9 heavy (non-hydrogen) atoms. The predicted molar refractivity (Wildman–Crippen MR) is 44.8 cm³/mol. The summed E-state index contributed by atoms with van der Waals surface area (Å²) < 4.78 is 0. The van der Waals surface area contributed by atoms with Gasteiger partial charge in [-0.05, 0) is 31.6 Å². The largest absolute Gasteiger partial charge is 0.306 e.